The fourth-order valence-electron chi connectivity index (χ4n) is 2.76. The predicted octanol–water partition coefficient (Wildman–Crippen LogP) is 3.32. The lowest BCUT2D eigenvalue weighted by atomic mass is 10.1. The molecule has 2 amide bonds. The van der Waals surface area contributed by atoms with E-state index in [9.17, 15) is 9.59 Å². The van der Waals surface area contributed by atoms with Crippen LogP contribution in [-0.4, -0.2) is 22.0 Å². The van der Waals surface area contributed by atoms with Gasteiger partial charge in [-0.3, -0.25) is 25.5 Å². The average molecular weight is 402 g/mol. The highest BCUT2D eigenvalue weighted by Gasteiger charge is 2.18. The summed E-state index contributed by atoms with van der Waals surface area (Å²) in [6.45, 7) is 0.151. The van der Waals surface area contributed by atoms with Gasteiger partial charge in [0, 0.05) is 11.1 Å². The van der Waals surface area contributed by atoms with E-state index < -0.39 is 11.8 Å². The molecule has 2 heterocycles. The van der Waals surface area contributed by atoms with Crippen molar-refractivity contribution in [2.24, 2.45) is 0 Å². The summed E-state index contributed by atoms with van der Waals surface area (Å²) in [6.07, 6.45) is 1.39. The van der Waals surface area contributed by atoms with Crippen molar-refractivity contribution in [1.82, 2.24) is 21.0 Å². The Morgan fingerprint density at radius 2 is 1.63 bits per heavy atom. The van der Waals surface area contributed by atoms with Gasteiger partial charge in [0.25, 0.3) is 5.91 Å². The molecule has 0 unspecified atom stereocenters. The molecular formula is C22H18N4O4. The number of hydrogen-bond donors (Lipinski definition) is 3. The van der Waals surface area contributed by atoms with Gasteiger partial charge in [-0.1, -0.05) is 48.5 Å². The molecule has 0 spiro atoms. The SMILES string of the molecule is O=C(NNC(=O)c1occc1COc1ccccc1)c1cc(-c2ccccc2)n[nH]1. The molecule has 0 aliphatic carbocycles. The topological polar surface area (TPSA) is 109 Å². The number of amides is 2. The summed E-state index contributed by atoms with van der Waals surface area (Å²) in [4.78, 5) is 24.7. The number of furan rings is 1. The molecule has 8 heteroatoms. The zero-order valence-electron chi connectivity index (χ0n) is 15.8. The van der Waals surface area contributed by atoms with E-state index in [2.05, 4.69) is 21.0 Å². The smallest absolute Gasteiger partial charge is 0.305 e. The largest absolute Gasteiger partial charge is 0.489 e. The molecule has 0 atom stereocenters. The summed E-state index contributed by atoms with van der Waals surface area (Å²) in [5, 5.41) is 6.77. The van der Waals surface area contributed by atoms with E-state index in [-0.39, 0.29) is 18.1 Å². The number of benzene rings is 2. The summed E-state index contributed by atoms with van der Waals surface area (Å²) in [7, 11) is 0. The molecule has 0 radical (unpaired) electrons. The van der Waals surface area contributed by atoms with E-state index >= 15 is 0 Å². The molecule has 0 bridgehead atoms. The standard InChI is InChI=1S/C22H18N4O4/c27-21(19-13-18(23-24-19)15-7-3-1-4-8-15)25-26-22(28)20-16(11-12-29-20)14-30-17-9-5-2-6-10-17/h1-13H,14H2,(H,23,24)(H,25,27)(H,26,28). The number of hydrazine groups is 1. The predicted molar refractivity (Wildman–Crippen MR) is 108 cm³/mol. The highest BCUT2D eigenvalue weighted by molar-refractivity contribution is 5.98. The maximum Gasteiger partial charge on any atom is 0.305 e. The average Bonchev–Trinajstić information content (AvgIpc) is 3.47. The number of nitrogens with one attached hydrogen (secondary N) is 3. The maximum absolute atomic E-state index is 12.4. The van der Waals surface area contributed by atoms with Crippen molar-refractivity contribution in [3.63, 3.8) is 0 Å². The first-order valence-corrected chi connectivity index (χ1v) is 9.16. The van der Waals surface area contributed by atoms with Crippen LogP contribution >= 0.6 is 0 Å². The Hall–Kier alpha value is -4.33. The number of hydrogen-bond acceptors (Lipinski definition) is 5. The quantitative estimate of drug-likeness (QED) is 0.429. The van der Waals surface area contributed by atoms with Gasteiger partial charge >= 0.3 is 5.91 Å². The number of aromatic amines is 1. The van der Waals surface area contributed by atoms with E-state index in [1.165, 1.54) is 6.26 Å². The Labute approximate surface area is 171 Å². The van der Waals surface area contributed by atoms with Gasteiger partial charge < -0.3 is 9.15 Å². The normalized spacial score (nSPS) is 10.4. The molecule has 0 fully saturated rings. The minimum absolute atomic E-state index is 0.0563. The number of carbonyl (C=O) groups is 2. The van der Waals surface area contributed by atoms with Gasteiger partial charge in [-0.15, -0.1) is 0 Å². The van der Waals surface area contributed by atoms with Crippen LogP contribution in [0.2, 0.25) is 0 Å². The number of ether oxygens (including phenoxy) is 1. The number of aromatic nitrogens is 2. The van der Waals surface area contributed by atoms with Crippen LogP contribution in [-0.2, 0) is 6.61 Å². The third-order valence-electron chi connectivity index (χ3n) is 4.27. The van der Waals surface area contributed by atoms with E-state index in [4.69, 9.17) is 9.15 Å². The zero-order valence-corrected chi connectivity index (χ0v) is 15.8. The second-order valence-electron chi connectivity index (χ2n) is 6.32. The van der Waals surface area contributed by atoms with Crippen molar-refractivity contribution < 1.29 is 18.7 Å². The molecule has 0 aliphatic rings. The number of carbonyl (C=O) groups excluding carboxylic acids is 2. The van der Waals surface area contributed by atoms with Gasteiger partial charge in [-0.25, -0.2) is 0 Å². The Balaban J connectivity index is 1.34. The van der Waals surface area contributed by atoms with Crippen LogP contribution in [0, 0.1) is 0 Å². The van der Waals surface area contributed by atoms with Crippen LogP contribution in [0.1, 0.15) is 26.6 Å². The Morgan fingerprint density at radius 1 is 0.933 bits per heavy atom. The van der Waals surface area contributed by atoms with Gasteiger partial charge in [-0.05, 0) is 24.3 Å². The number of para-hydroxylation sites is 1. The van der Waals surface area contributed by atoms with Crippen molar-refractivity contribution in [3.05, 3.63) is 96.1 Å². The fourth-order valence-corrected chi connectivity index (χ4v) is 2.76. The monoisotopic (exact) mass is 402 g/mol. The molecular weight excluding hydrogens is 384 g/mol. The lowest BCUT2D eigenvalue weighted by Gasteiger charge is -2.07. The molecule has 8 nitrogen and oxygen atoms in total. The molecule has 30 heavy (non-hydrogen) atoms. The molecule has 2 aromatic heterocycles. The van der Waals surface area contributed by atoms with Crippen molar-refractivity contribution in [2.75, 3.05) is 0 Å². The number of nitrogens with zero attached hydrogens (tertiary/aromatic N) is 1. The molecule has 4 rings (SSSR count). The summed E-state index contributed by atoms with van der Waals surface area (Å²) >= 11 is 0. The minimum Gasteiger partial charge on any atom is -0.489 e. The summed E-state index contributed by atoms with van der Waals surface area (Å²) in [5.41, 5.74) is 6.94. The number of rotatable bonds is 6. The first-order valence-electron chi connectivity index (χ1n) is 9.16. The molecule has 0 aliphatic heterocycles. The molecule has 0 saturated heterocycles. The Kier molecular flexibility index (Phi) is 5.56. The highest BCUT2D eigenvalue weighted by Crippen LogP contribution is 2.17. The fraction of sp³-hybridized carbons (Fsp3) is 0.0455. The molecule has 0 saturated carbocycles. The van der Waals surface area contributed by atoms with Crippen molar-refractivity contribution >= 4 is 11.8 Å². The lowest BCUT2D eigenvalue weighted by Crippen LogP contribution is -2.42. The van der Waals surface area contributed by atoms with Crippen LogP contribution < -0.4 is 15.6 Å². The van der Waals surface area contributed by atoms with Crippen LogP contribution in [0.15, 0.2) is 83.5 Å². The zero-order chi connectivity index (χ0) is 20.8. The third kappa shape index (κ3) is 4.39. The Morgan fingerprint density at radius 3 is 2.40 bits per heavy atom. The van der Waals surface area contributed by atoms with Crippen molar-refractivity contribution in [3.8, 4) is 17.0 Å². The second-order valence-corrected chi connectivity index (χ2v) is 6.32. The summed E-state index contributed by atoms with van der Waals surface area (Å²) in [6, 6.07) is 21.9. The van der Waals surface area contributed by atoms with Gasteiger partial charge in [0.2, 0.25) is 0 Å². The minimum atomic E-state index is -0.595. The van der Waals surface area contributed by atoms with Gasteiger partial charge in [0.05, 0.1) is 12.0 Å². The Bertz CT molecular complexity index is 1140. The molecule has 150 valence electrons. The molecule has 4 aromatic rings. The first-order chi connectivity index (χ1) is 14.7. The molecule has 2 aromatic carbocycles. The van der Waals surface area contributed by atoms with E-state index in [1.54, 1.807) is 12.1 Å². The molecule has 3 N–H and O–H groups in total. The van der Waals surface area contributed by atoms with Gasteiger partial charge in [0.1, 0.15) is 18.1 Å². The van der Waals surface area contributed by atoms with Crippen LogP contribution in [0.25, 0.3) is 11.3 Å². The van der Waals surface area contributed by atoms with E-state index in [0.717, 1.165) is 5.56 Å². The maximum atomic E-state index is 12.4. The summed E-state index contributed by atoms with van der Waals surface area (Å²) < 4.78 is 10.9. The number of H-pyrrole nitrogens is 1. The highest BCUT2D eigenvalue weighted by atomic mass is 16.5. The van der Waals surface area contributed by atoms with Gasteiger partial charge in [-0.2, -0.15) is 5.10 Å². The van der Waals surface area contributed by atoms with E-state index in [0.29, 0.717) is 17.0 Å². The second kappa shape index (κ2) is 8.78. The van der Waals surface area contributed by atoms with Gasteiger partial charge in [0.15, 0.2) is 5.76 Å². The van der Waals surface area contributed by atoms with Crippen molar-refractivity contribution in [1.29, 1.82) is 0 Å². The lowest BCUT2D eigenvalue weighted by molar-refractivity contribution is 0.0826. The van der Waals surface area contributed by atoms with Crippen LogP contribution in [0.5, 0.6) is 5.75 Å². The summed E-state index contributed by atoms with van der Waals surface area (Å²) in [5.74, 6) is -0.401. The third-order valence-corrected chi connectivity index (χ3v) is 4.27. The van der Waals surface area contributed by atoms with Crippen LogP contribution in [0.3, 0.4) is 0 Å². The van der Waals surface area contributed by atoms with E-state index in [1.807, 2.05) is 60.7 Å². The first kappa shape index (κ1) is 19.0. The van der Waals surface area contributed by atoms with Crippen molar-refractivity contribution in [2.45, 2.75) is 6.61 Å². The van der Waals surface area contributed by atoms with Crippen LogP contribution in [0.4, 0.5) is 0 Å².